The van der Waals surface area contributed by atoms with Gasteiger partial charge in [-0.1, -0.05) is 12.1 Å². The Hall–Kier alpha value is -2.77. The highest BCUT2D eigenvalue weighted by atomic mass is 16.4. The number of benzene rings is 1. The molecule has 1 amide bonds. The smallest absolute Gasteiger partial charge is 0.423 e. The van der Waals surface area contributed by atoms with Crippen molar-refractivity contribution in [2.24, 2.45) is 0 Å². The van der Waals surface area contributed by atoms with Crippen molar-refractivity contribution in [1.82, 2.24) is 9.97 Å². The molecule has 0 saturated heterocycles. The molecule has 0 radical (unpaired) electrons. The summed E-state index contributed by atoms with van der Waals surface area (Å²) < 4.78 is 0. The zero-order valence-electron chi connectivity index (χ0n) is 11.5. The molecule has 0 spiro atoms. The van der Waals surface area contributed by atoms with E-state index in [2.05, 4.69) is 15.3 Å². The van der Waals surface area contributed by atoms with Crippen molar-refractivity contribution in [2.75, 3.05) is 5.32 Å². The number of amides is 1. The van der Waals surface area contributed by atoms with E-state index in [1.807, 2.05) is 0 Å². The number of carbonyl (C=O) groups excluding carboxylic acids is 1. The largest absolute Gasteiger partial charge is 0.490 e. The van der Waals surface area contributed by atoms with Crippen LogP contribution in [0.5, 0.6) is 0 Å². The van der Waals surface area contributed by atoms with Crippen molar-refractivity contribution in [2.45, 2.75) is 0 Å². The van der Waals surface area contributed by atoms with Crippen molar-refractivity contribution in [1.29, 1.82) is 0 Å². The fourth-order valence-corrected chi connectivity index (χ4v) is 2.14. The van der Waals surface area contributed by atoms with Gasteiger partial charge < -0.3 is 15.4 Å². The summed E-state index contributed by atoms with van der Waals surface area (Å²) in [6, 6.07) is 10.1. The molecule has 3 aromatic rings. The highest BCUT2D eigenvalue weighted by Crippen LogP contribution is 2.17. The van der Waals surface area contributed by atoms with E-state index in [1.54, 1.807) is 48.8 Å². The minimum atomic E-state index is -1.63. The molecular formula is C15H12BN3O3. The molecule has 6 nitrogen and oxygen atoms in total. The monoisotopic (exact) mass is 293 g/mol. The number of fused-ring (bicyclic) bond motifs is 1. The average Bonchev–Trinajstić information content (AvgIpc) is 2.54. The highest BCUT2D eigenvalue weighted by Gasteiger charge is 2.16. The molecule has 0 aliphatic heterocycles. The lowest BCUT2D eigenvalue weighted by Crippen LogP contribution is -2.30. The molecule has 0 unspecified atom stereocenters. The van der Waals surface area contributed by atoms with E-state index in [-0.39, 0.29) is 11.4 Å². The summed E-state index contributed by atoms with van der Waals surface area (Å²) in [6.45, 7) is 0. The highest BCUT2D eigenvalue weighted by molar-refractivity contribution is 6.58. The first-order valence-electron chi connectivity index (χ1n) is 6.61. The molecule has 3 rings (SSSR count). The second-order valence-electron chi connectivity index (χ2n) is 4.71. The quantitative estimate of drug-likeness (QED) is 0.613. The molecule has 0 aliphatic rings. The number of anilines is 1. The van der Waals surface area contributed by atoms with Gasteiger partial charge in [0.25, 0.3) is 5.91 Å². The Bertz CT molecular complexity index is 825. The molecule has 0 atom stereocenters. The number of pyridine rings is 2. The maximum Gasteiger partial charge on any atom is 0.490 e. The molecule has 0 bridgehead atoms. The molecule has 0 aliphatic carbocycles. The number of nitrogens with one attached hydrogen (secondary N) is 1. The molecule has 2 aromatic heterocycles. The van der Waals surface area contributed by atoms with E-state index in [1.165, 1.54) is 6.20 Å². The van der Waals surface area contributed by atoms with Crippen LogP contribution in [-0.4, -0.2) is 33.0 Å². The lowest BCUT2D eigenvalue weighted by molar-refractivity contribution is 0.102. The molecule has 0 fully saturated rings. The van der Waals surface area contributed by atoms with E-state index in [4.69, 9.17) is 0 Å². The van der Waals surface area contributed by atoms with Gasteiger partial charge in [0, 0.05) is 28.8 Å². The predicted molar refractivity (Wildman–Crippen MR) is 83.8 cm³/mol. The summed E-state index contributed by atoms with van der Waals surface area (Å²) in [7, 11) is -1.63. The van der Waals surface area contributed by atoms with Crippen molar-refractivity contribution < 1.29 is 14.8 Å². The van der Waals surface area contributed by atoms with Gasteiger partial charge in [0.05, 0.1) is 17.4 Å². The second kappa shape index (κ2) is 5.93. The van der Waals surface area contributed by atoms with Crippen LogP contribution in [0.25, 0.3) is 10.9 Å². The third-order valence-electron chi connectivity index (χ3n) is 3.21. The third kappa shape index (κ3) is 2.81. The maximum absolute atomic E-state index is 12.4. The van der Waals surface area contributed by atoms with Crippen LogP contribution in [0.1, 0.15) is 10.4 Å². The van der Waals surface area contributed by atoms with E-state index < -0.39 is 7.12 Å². The Labute approximate surface area is 126 Å². The first-order chi connectivity index (χ1) is 10.6. The fourth-order valence-electron chi connectivity index (χ4n) is 2.14. The minimum Gasteiger partial charge on any atom is -0.423 e. The normalized spacial score (nSPS) is 10.5. The summed E-state index contributed by atoms with van der Waals surface area (Å²) in [5, 5.41) is 21.8. The fraction of sp³-hybridized carbons (Fsp3) is 0. The summed E-state index contributed by atoms with van der Waals surface area (Å²) in [5.74, 6) is -0.315. The molecule has 0 saturated carbocycles. The van der Waals surface area contributed by atoms with E-state index in [0.29, 0.717) is 22.2 Å². The SMILES string of the molecule is O=C(Nc1cccnc1)c1cccc2ncc(B(O)O)cc12. The minimum absolute atomic E-state index is 0.231. The number of hydrogen-bond donors (Lipinski definition) is 3. The van der Waals surface area contributed by atoms with Crippen LogP contribution in [0.3, 0.4) is 0 Å². The van der Waals surface area contributed by atoms with Crippen LogP contribution in [0.15, 0.2) is 55.0 Å². The van der Waals surface area contributed by atoms with E-state index in [9.17, 15) is 14.8 Å². The van der Waals surface area contributed by atoms with Crippen molar-refractivity contribution in [3.63, 3.8) is 0 Å². The molecule has 22 heavy (non-hydrogen) atoms. The Morgan fingerprint density at radius 1 is 1.14 bits per heavy atom. The van der Waals surface area contributed by atoms with Gasteiger partial charge in [0.1, 0.15) is 0 Å². The third-order valence-corrected chi connectivity index (χ3v) is 3.21. The Morgan fingerprint density at radius 2 is 2.00 bits per heavy atom. The average molecular weight is 293 g/mol. The van der Waals surface area contributed by atoms with Crippen LogP contribution < -0.4 is 10.8 Å². The number of carbonyl (C=O) groups is 1. The topological polar surface area (TPSA) is 95.3 Å². The Kier molecular flexibility index (Phi) is 3.82. The summed E-state index contributed by atoms with van der Waals surface area (Å²) >= 11 is 0. The van der Waals surface area contributed by atoms with Crippen LogP contribution in [0, 0.1) is 0 Å². The number of aromatic nitrogens is 2. The first kappa shape index (κ1) is 14.2. The summed E-state index contributed by atoms with van der Waals surface area (Å²) in [6.07, 6.45) is 4.53. The van der Waals surface area contributed by atoms with Gasteiger partial charge in [-0.3, -0.25) is 14.8 Å². The van der Waals surface area contributed by atoms with E-state index in [0.717, 1.165) is 0 Å². The number of nitrogens with zero attached hydrogens (tertiary/aromatic N) is 2. The number of hydrogen-bond acceptors (Lipinski definition) is 5. The first-order valence-corrected chi connectivity index (χ1v) is 6.61. The van der Waals surface area contributed by atoms with Crippen molar-refractivity contribution >= 4 is 35.1 Å². The molecule has 2 heterocycles. The molecule has 1 aromatic carbocycles. The van der Waals surface area contributed by atoms with Crippen LogP contribution >= 0.6 is 0 Å². The Morgan fingerprint density at radius 3 is 2.73 bits per heavy atom. The molecule has 108 valence electrons. The van der Waals surface area contributed by atoms with Gasteiger partial charge in [0.2, 0.25) is 0 Å². The van der Waals surface area contributed by atoms with Gasteiger partial charge in [0.15, 0.2) is 0 Å². The van der Waals surface area contributed by atoms with Crippen molar-refractivity contribution in [3.05, 3.63) is 60.6 Å². The summed E-state index contributed by atoms with van der Waals surface area (Å²) in [5.41, 5.74) is 1.81. The second-order valence-corrected chi connectivity index (χ2v) is 4.71. The molecular weight excluding hydrogens is 281 g/mol. The lowest BCUT2D eigenvalue weighted by atomic mass is 9.81. The standard InChI is InChI=1S/C15H12BN3O3/c20-15(19-11-3-2-6-17-9-11)12-4-1-5-14-13(12)7-10(8-18-14)16(21)22/h1-9,21-22H,(H,19,20). The number of rotatable bonds is 3. The van der Waals surface area contributed by atoms with Gasteiger partial charge >= 0.3 is 7.12 Å². The zero-order chi connectivity index (χ0) is 15.5. The predicted octanol–water partition coefficient (Wildman–Crippen LogP) is 0.562. The maximum atomic E-state index is 12.4. The zero-order valence-corrected chi connectivity index (χ0v) is 11.5. The van der Waals surface area contributed by atoms with Crippen LogP contribution in [0.4, 0.5) is 5.69 Å². The Balaban J connectivity index is 2.02. The van der Waals surface area contributed by atoms with Crippen molar-refractivity contribution in [3.8, 4) is 0 Å². The summed E-state index contributed by atoms with van der Waals surface area (Å²) in [4.78, 5) is 20.5. The van der Waals surface area contributed by atoms with Crippen LogP contribution in [-0.2, 0) is 0 Å². The van der Waals surface area contributed by atoms with Gasteiger partial charge in [-0.2, -0.15) is 0 Å². The lowest BCUT2D eigenvalue weighted by Gasteiger charge is -2.08. The van der Waals surface area contributed by atoms with Gasteiger partial charge in [-0.25, -0.2) is 0 Å². The van der Waals surface area contributed by atoms with Gasteiger partial charge in [-0.15, -0.1) is 0 Å². The van der Waals surface area contributed by atoms with Crippen LogP contribution in [0.2, 0.25) is 0 Å². The van der Waals surface area contributed by atoms with E-state index >= 15 is 0 Å². The molecule has 3 N–H and O–H groups in total. The molecule has 7 heteroatoms. The van der Waals surface area contributed by atoms with Gasteiger partial charge in [-0.05, 0) is 24.3 Å².